The van der Waals surface area contributed by atoms with E-state index in [0.29, 0.717) is 0 Å². The lowest BCUT2D eigenvalue weighted by Crippen LogP contribution is -2.11. The van der Waals surface area contributed by atoms with Gasteiger partial charge in [0, 0.05) is 14.5 Å². The van der Waals surface area contributed by atoms with Crippen LogP contribution in [0, 0.1) is 0 Å². The molecular weight excluding hydrogens is 590 g/mol. The van der Waals surface area contributed by atoms with Crippen LogP contribution in [0.3, 0.4) is 0 Å². The van der Waals surface area contributed by atoms with Crippen LogP contribution in [0.4, 0.5) is 0 Å². The molecule has 0 amide bonds. The van der Waals surface area contributed by atoms with E-state index in [0.717, 1.165) is 0 Å². The van der Waals surface area contributed by atoms with Crippen LogP contribution in [0.5, 0.6) is 0 Å². The van der Waals surface area contributed by atoms with Gasteiger partial charge < -0.3 is 0 Å². The number of hydrogen-bond acceptors (Lipinski definition) is 0. The average Bonchev–Trinajstić information content (AvgIpc) is 3.10. The third-order valence-electron chi connectivity index (χ3n) is 10.4. The maximum absolute atomic E-state index is 2.45. The molecule has 3 aromatic carbocycles. The molecule has 2 heteroatoms. The van der Waals surface area contributed by atoms with Crippen molar-refractivity contribution in [2.45, 2.75) is 131 Å². The second-order valence-corrected chi connectivity index (χ2v) is 23.1. The van der Waals surface area contributed by atoms with Gasteiger partial charge >= 0.3 is 0 Å². The molecule has 0 spiro atoms. The largest absolute Gasteiger partial charge is 0.0842 e. The highest BCUT2D eigenvalue weighted by molar-refractivity contribution is 7.75. The highest BCUT2D eigenvalue weighted by Gasteiger charge is 2.36. The third-order valence-corrected chi connectivity index (χ3v) is 20.1. The molecule has 0 saturated carbocycles. The molecule has 0 atom stereocenters. The van der Waals surface area contributed by atoms with Gasteiger partial charge in [-0.3, -0.25) is 0 Å². The van der Waals surface area contributed by atoms with Crippen LogP contribution in [-0.4, -0.2) is 37.0 Å². The molecule has 0 saturated heterocycles. The molecule has 0 aliphatic heterocycles. The summed E-state index contributed by atoms with van der Waals surface area (Å²) in [6, 6.07) is 28.7. The summed E-state index contributed by atoms with van der Waals surface area (Å²) >= 11 is 0. The van der Waals surface area contributed by atoms with Crippen LogP contribution in [0.15, 0.2) is 72.8 Å². The van der Waals surface area contributed by atoms with E-state index < -0.39 is 14.5 Å². The molecule has 46 heavy (non-hydrogen) atoms. The zero-order chi connectivity index (χ0) is 33.1. The van der Waals surface area contributed by atoms with Crippen molar-refractivity contribution in [2.24, 2.45) is 0 Å². The number of rotatable bonds is 24. The van der Waals surface area contributed by atoms with Crippen LogP contribution in [0.25, 0.3) is 22.3 Å². The van der Waals surface area contributed by atoms with Crippen molar-refractivity contribution in [3.63, 3.8) is 0 Å². The summed E-state index contributed by atoms with van der Waals surface area (Å²) in [6.45, 7) is 14.2. The Balaban J connectivity index is 1.72. The predicted molar refractivity (Wildman–Crippen MR) is 217 cm³/mol. The minimum absolute atomic E-state index is 0.925. The quantitative estimate of drug-likeness (QED) is 0.0839. The van der Waals surface area contributed by atoms with Gasteiger partial charge in [-0.1, -0.05) is 153 Å². The van der Waals surface area contributed by atoms with E-state index in [1.807, 2.05) is 0 Å². The summed E-state index contributed by atoms with van der Waals surface area (Å²) < 4.78 is 0. The van der Waals surface area contributed by atoms with Crippen molar-refractivity contribution in [3.05, 3.63) is 83.9 Å². The van der Waals surface area contributed by atoms with E-state index in [9.17, 15) is 0 Å². The van der Waals surface area contributed by atoms with Crippen molar-refractivity contribution in [2.75, 3.05) is 37.0 Å². The predicted octanol–water partition coefficient (Wildman–Crippen LogP) is 14.9. The van der Waals surface area contributed by atoms with E-state index in [2.05, 4.69) is 114 Å². The Morgan fingerprint density at radius 1 is 0.304 bits per heavy atom. The Bertz CT molecular complexity index is 1050. The zero-order valence-electron chi connectivity index (χ0n) is 31.0. The van der Waals surface area contributed by atoms with Crippen molar-refractivity contribution in [1.82, 2.24) is 0 Å². The molecule has 254 valence electrons. The van der Waals surface area contributed by atoms with Gasteiger partial charge in [0.2, 0.25) is 0 Å². The smallest absolute Gasteiger partial charge is 0.0652 e. The fourth-order valence-electron chi connectivity index (χ4n) is 7.34. The van der Waals surface area contributed by atoms with Gasteiger partial charge in [0.1, 0.15) is 0 Å². The molecule has 0 heterocycles. The second-order valence-electron chi connectivity index (χ2n) is 14.4. The Labute approximate surface area is 287 Å². The fourth-order valence-corrected chi connectivity index (χ4v) is 17.5. The van der Waals surface area contributed by atoms with Gasteiger partial charge in [-0.05, 0) is 71.9 Å². The lowest BCUT2D eigenvalue weighted by atomic mass is 9.99. The maximum Gasteiger partial charge on any atom is 0.0842 e. The average molecular weight is 661 g/mol. The Morgan fingerprint density at radius 2 is 0.500 bits per heavy atom. The van der Waals surface area contributed by atoms with E-state index in [4.69, 9.17) is 0 Å². The molecule has 0 unspecified atom stereocenters. The molecule has 0 nitrogen and oxygen atoms in total. The van der Waals surface area contributed by atoms with Crippen LogP contribution in [-0.2, 0) is 12.3 Å². The van der Waals surface area contributed by atoms with Gasteiger partial charge in [-0.15, -0.1) is 0 Å². The van der Waals surface area contributed by atoms with Crippen LogP contribution in [0.2, 0.25) is 0 Å². The van der Waals surface area contributed by atoms with E-state index >= 15 is 0 Å². The molecule has 0 aromatic heterocycles. The minimum Gasteiger partial charge on any atom is -0.0652 e. The molecule has 3 rings (SSSR count). The fraction of sp³-hybridized carbons (Fsp3) is 0.591. The normalized spacial score (nSPS) is 12.1. The van der Waals surface area contributed by atoms with Gasteiger partial charge in [-0.2, -0.15) is 0 Å². The summed E-state index contributed by atoms with van der Waals surface area (Å²) in [5, 5.41) is 0. The SMILES string of the molecule is CCCC[P+](CCCC)(CCCC)Cc1ccc(-c2ccc(-c3ccc(C[P+](CCCC)(CCCC)CCCC)cc3)cc2)cc1. The molecule has 0 bridgehead atoms. The van der Waals surface area contributed by atoms with Crippen molar-refractivity contribution in [3.8, 4) is 22.3 Å². The van der Waals surface area contributed by atoms with Crippen molar-refractivity contribution in [1.29, 1.82) is 0 Å². The van der Waals surface area contributed by atoms with Crippen LogP contribution < -0.4 is 0 Å². The number of benzene rings is 3. The lowest BCUT2D eigenvalue weighted by molar-refractivity contribution is 0.832. The maximum atomic E-state index is 2.45. The summed E-state index contributed by atoms with van der Waals surface area (Å²) in [6.07, 6.45) is 28.1. The summed E-state index contributed by atoms with van der Waals surface area (Å²) in [5.74, 6) is 0. The van der Waals surface area contributed by atoms with Gasteiger partial charge in [-0.25, -0.2) is 0 Å². The van der Waals surface area contributed by atoms with E-state index in [1.54, 1.807) is 11.1 Å². The summed E-state index contributed by atoms with van der Waals surface area (Å²) in [7, 11) is -1.85. The minimum atomic E-state index is -0.925. The highest BCUT2D eigenvalue weighted by Crippen LogP contribution is 2.64. The second kappa shape index (κ2) is 21.5. The van der Waals surface area contributed by atoms with Gasteiger partial charge in [0.15, 0.2) is 0 Å². The molecule has 0 radical (unpaired) electrons. The Morgan fingerprint density at radius 3 is 0.696 bits per heavy atom. The van der Waals surface area contributed by atoms with Crippen molar-refractivity contribution < 1.29 is 0 Å². The Hall–Kier alpha value is -1.48. The topological polar surface area (TPSA) is 0 Å². The monoisotopic (exact) mass is 660 g/mol. The van der Waals surface area contributed by atoms with Gasteiger partial charge in [0.05, 0.1) is 49.3 Å². The van der Waals surface area contributed by atoms with Crippen LogP contribution in [0.1, 0.15) is 130 Å². The first kappa shape index (κ1) is 39.0. The van der Waals surface area contributed by atoms with Gasteiger partial charge in [0.25, 0.3) is 0 Å². The first-order valence-corrected chi connectivity index (χ1v) is 24.5. The van der Waals surface area contributed by atoms with E-state index in [1.165, 1.54) is 149 Å². The zero-order valence-corrected chi connectivity index (χ0v) is 32.8. The van der Waals surface area contributed by atoms with Crippen molar-refractivity contribution >= 4 is 14.5 Å². The standard InChI is InChI=1S/C44H70P2/c1-7-13-31-45(32-14-8-2,33-15-9-3)37-39-19-23-41(24-20-39)43-27-29-44(30-28-43)42-25-21-40(22-26-42)38-46(34-16-10-4,35-17-11-5)36-18-12-6/h19-30H,7-18,31-38H2,1-6H3/q+2. The molecular formula is C44H70P2+2. The molecule has 0 fully saturated rings. The first-order chi connectivity index (χ1) is 22.5. The molecule has 3 aromatic rings. The highest BCUT2D eigenvalue weighted by atomic mass is 31.2. The summed E-state index contributed by atoms with van der Waals surface area (Å²) in [5.41, 5.74) is 8.49. The molecule has 0 aliphatic rings. The number of unbranched alkanes of at least 4 members (excludes halogenated alkanes) is 6. The van der Waals surface area contributed by atoms with E-state index in [-0.39, 0.29) is 0 Å². The summed E-state index contributed by atoms with van der Waals surface area (Å²) in [4.78, 5) is 0. The third kappa shape index (κ3) is 12.5. The molecule has 0 aliphatic carbocycles. The first-order valence-electron chi connectivity index (χ1n) is 19.4. The number of hydrogen-bond donors (Lipinski definition) is 0. The molecule has 0 N–H and O–H groups in total. The lowest BCUT2D eigenvalue weighted by Gasteiger charge is -2.28. The van der Waals surface area contributed by atoms with Crippen LogP contribution >= 0.6 is 14.5 Å². The Kier molecular flexibility index (Phi) is 18.2.